The highest BCUT2D eigenvalue weighted by Crippen LogP contribution is 2.31. The number of amides is 4. The van der Waals surface area contributed by atoms with Gasteiger partial charge in [-0.3, -0.25) is 78.4 Å². The van der Waals surface area contributed by atoms with Gasteiger partial charge in [-0.25, -0.2) is 65.8 Å². The number of hydrogen-bond donors (Lipinski definition) is 11. The molecule has 1 fully saturated rings. The molecule has 7 rings (SSSR count). The molecule has 1 aliphatic heterocycles. The number of phenols is 2. The Hall–Kier alpha value is -12.3. The van der Waals surface area contributed by atoms with Gasteiger partial charge >= 0.3 is 70.0 Å². The van der Waals surface area contributed by atoms with Gasteiger partial charge in [-0.05, 0) is 77.7 Å². The number of carbonyl (C=O) groups excluding carboxylic acids is 9. The predicted molar refractivity (Wildman–Crippen MR) is 381 cm³/mol. The van der Waals surface area contributed by atoms with Gasteiger partial charge in [0.2, 0.25) is 11.8 Å². The van der Waals surface area contributed by atoms with Crippen LogP contribution in [0.25, 0.3) is 0 Å². The van der Waals surface area contributed by atoms with Crippen LogP contribution in [0, 0.1) is 7.91 Å². The minimum Gasteiger partial charge on any atom is -0.508 e. The zero-order chi connectivity index (χ0) is 82.4. The van der Waals surface area contributed by atoms with Crippen molar-refractivity contribution in [2.75, 3.05) is 23.4 Å². The molecule has 49 heteroatoms. The lowest BCUT2D eigenvalue weighted by molar-refractivity contribution is -0.140. The van der Waals surface area contributed by atoms with Crippen LogP contribution in [-0.4, -0.2) is 183 Å². The number of imide groups is 2. The average molecular weight is 1640 g/mol. The number of aromatic carboxylic acids is 1. The quantitative estimate of drug-likeness (QED) is 0.00426. The van der Waals surface area contributed by atoms with Gasteiger partial charge in [0.1, 0.15) is 42.2 Å². The number of thioether (sulfide) groups is 1. The zero-order valence-corrected chi connectivity index (χ0v) is 61.4. The Morgan fingerprint density at radius 3 is 1.47 bits per heavy atom. The van der Waals surface area contributed by atoms with E-state index in [1.165, 1.54) is 46.4 Å². The van der Waals surface area contributed by atoms with E-state index in [1.54, 1.807) is 49.4 Å². The molecule has 3 aromatic heterocycles. The summed E-state index contributed by atoms with van der Waals surface area (Å²) in [7, 11) is 3.39. The maximum absolute atomic E-state index is 12.0. The maximum atomic E-state index is 12.0. The molecule has 0 saturated carbocycles. The first kappa shape index (κ1) is 95.6. The number of carbonyl (C=O) groups is 14. The monoisotopic (exact) mass is 1630 g/mol. The average Bonchev–Trinajstić information content (AvgIpc) is 0.788. The molecule has 4 heterocycles. The van der Waals surface area contributed by atoms with Crippen LogP contribution in [0.2, 0.25) is 0 Å². The number of hydrogen-bond acceptors (Lipinski definition) is 34. The summed E-state index contributed by atoms with van der Waals surface area (Å²) in [4.78, 5) is 216. The Labute approximate surface area is 630 Å². The lowest BCUT2D eigenvalue weighted by Crippen LogP contribution is -2.64. The second-order valence-corrected chi connectivity index (χ2v) is 25.9. The molecule has 586 valence electrons. The summed E-state index contributed by atoms with van der Waals surface area (Å²) in [5.74, 6) is -6.60. The van der Waals surface area contributed by atoms with Crippen molar-refractivity contribution < 1.29 is 131 Å². The molecular weight excluding hydrogens is 1570 g/mol. The van der Waals surface area contributed by atoms with Crippen LogP contribution in [0.5, 0.6) is 23.0 Å². The molecule has 0 spiro atoms. The molecule has 1 aliphatic rings. The van der Waals surface area contributed by atoms with E-state index in [1.807, 2.05) is 20.8 Å². The number of barbiturate groups is 1. The van der Waals surface area contributed by atoms with E-state index in [2.05, 4.69) is 55.8 Å². The highest BCUT2D eigenvalue weighted by atomic mass is 33.1. The SMILES string of the molecule is C=CCn1c(=O)n(COC=O)c(=O)n(CC(=O)O)c1=O.CC(C)(C)c1cc(OC=O)cc(C(=O)O)c1.CCC1(c2ccccc2)C(=O)NC(=O)NC1=O.Cn1c(=O)n(COC=O)c(=O)n(CC(=O)O)c1=O.O=COCSCC(=O)O.O=COCSSCC(=O)O.O=COc1ccc(O)cc1O.S=c1[nH][nH]c(=S)s1. The summed E-state index contributed by atoms with van der Waals surface area (Å²) in [6.07, 6.45) is 1.52. The molecule has 11 N–H and O–H groups in total. The summed E-state index contributed by atoms with van der Waals surface area (Å²) in [5, 5.41) is 69.7. The first-order valence-electron chi connectivity index (χ1n) is 28.8. The molecule has 4 amide bonds. The van der Waals surface area contributed by atoms with Crippen molar-refractivity contribution in [2.24, 2.45) is 7.05 Å². The van der Waals surface area contributed by atoms with Crippen molar-refractivity contribution in [2.45, 2.75) is 78.0 Å². The number of nitrogens with zero attached hydrogens (tertiary/aromatic N) is 6. The van der Waals surface area contributed by atoms with Crippen molar-refractivity contribution in [3.8, 4) is 23.0 Å². The largest absolute Gasteiger partial charge is 0.508 e. The Bertz CT molecular complexity index is 4600. The third-order valence-corrected chi connectivity index (χ3v) is 16.0. The minimum atomic E-state index is -1.43. The number of aromatic hydroxyl groups is 2. The van der Waals surface area contributed by atoms with Crippen LogP contribution in [-0.2, 0) is 127 Å². The van der Waals surface area contributed by atoms with E-state index >= 15 is 0 Å². The van der Waals surface area contributed by atoms with Crippen LogP contribution in [0.3, 0.4) is 0 Å². The number of H-pyrrole nitrogens is 2. The summed E-state index contributed by atoms with van der Waals surface area (Å²) >= 11 is 11.8. The molecule has 0 radical (unpaired) electrons. The van der Waals surface area contributed by atoms with Crippen molar-refractivity contribution in [3.63, 3.8) is 0 Å². The van der Waals surface area contributed by atoms with Gasteiger partial charge in [0.15, 0.2) is 38.3 Å². The highest BCUT2D eigenvalue weighted by Gasteiger charge is 2.50. The van der Waals surface area contributed by atoms with Gasteiger partial charge in [0.25, 0.3) is 38.8 Å². The van der Waals surface area contributed by atoms with Crippen LogP contribution < -0.4 is 54.2 Å². The van der Waals surface area contributed by atoms with Crippen LogP contribution in [0.1, 0.15) is 55.6 Å². The molecule has 6 aromatic rings. The van der Waals surface area contributed by atoms with Crippen LogP contribution >= 0.6 is 69.1 Å². The van der Waals surface area contributed by atoms with E-state index in [0.29, 0.717) is 53.8 Å². The van der Waals surface area contributed by atoms with E-state index in [0.717, 1.165) is 41.2 Å². The minimum absolute atomic E-state index is 0.0103. The van der Waals surface area contributed by atoms with Gasteiger partial charge in [0.05, 0.1) is 17.9 Å². The molecule has 1 saturated heterocycles. The number of ether oxygens (including phenoxy) is 6. The van der Waals surface area contributed by atoms with Gasteiger partial charge in [-0.2, -0.15) is 0 Å². The summed E-state index contributed by atoms with van der Waals surface area (Å²) in [6, 6.07) is 16.2. The molecule has 0 bridgehead atoms. The predicted octanol–water partition coefficient (Wildman–Crippen LogP) is 0.428. The zero-order valence-electron chi connectivity index (χ0n) is 56.5. The number of phenolic OH excluding ortho intramolecular Hbond substituents is 2. The second-order valence-electron chi connectivity index (χ2n) is 20.2. The number of allylic oxidation sites excluding steroid dienone is 1. The van der Waals surface area contributed by atoms with Gasteiger partial charge in [-0.1, -0.05) is 97.0 Å². The lowest BCUT2D eigenvalue weighted by Gasteiger charge is -2.33. The topological polar surface area (TPSA) is 624 Å². The fourth-order valence-electron chi connectivity index (χ4n) is 7.32. The number of carboxylic acid groups (broad SMARTS) is 5. The number of benzene rings is 3. The Balaban J connectivity index is 0.00000124. The second kappa shape index (κ2) is 50.2. The Morgan fingerprint density at radius 2 is 1.05 bits per heavy atom. The molecule has 0 unspecified atom stereocenters. The highest BCUT2D eigenvalue weighted by molar-refractivity contribution is 8.76. The van der Waals surface area contributed by atoms with Crippen LogP contribution in [0.4, 0.5) is 4.79 Å². The van der Waals surface area contributed by atoms with Gasteiger partial charge in [-0.15, -0.1) is 18.3 Å². The number of aromatic nitrogens is 8. The van der Waals surface area contributed by atoms with Crippen molar-refractivity contribution in [3.05, 3.63) is 167 Å². The molecular formula is C59H66N10O33S6. The van der Waals surface area contributed by atoms with Crippen molar-refractivity contribution >= 4 is 156 Å². The number of urea groups is 1. The van der Waals surface area contributed by atoms with Gasteiger partial charge in [0, 0.05) is 13.1 Å². The van der Waals surface area contributed by atoms with E-state index in [4.69, 9.17) is 60.2 Å². The van der Waals surface area contributed by atoms with E-state index < -0.39 is 114 Å². The Kier molecular flexibility index (Phi) is 44.4. The van der Waals surface area contributed by atoms with Gasteiger partial charge < -0.3 is 64.2 Å². The third-order valence-electron chi connectivity index (χ3n) is 12.0. The number of aromatic amines is 2. The molecule has 0 aliphatic carbocycles. The van der Waals surface area contributed by atoms with Crippen LogP contribution in [0.15, 0.2) is 108 Å². The standard InChI is InChI=1S/C12H12N2O3.C12H14O4.C10H11N3O7.C8H9N3O7.C7H6O4.C4H6O4S2.C4H6O4S.C2H2N2S3/c1-2-12(8-6-4-3-5-7-8)9(15)13-11(17)14-10(12)16;1-12(2,3)9-4-8(11(14)15)5-10(6-9)16-7-13;1-2-3-11-8(17)12(4-7(15)16)10(19)13(9(11)18)5-20-6-14;1-9-6(15)10(2-5(13)14)8(17)11(7(9)16)3-18-4-12;8-4-11-7-2-1-5(9)3-6(7)10;5-2-8-3-10-9-1-4(6)7;5-2-8-3-9-1-4(6)7;5-1-3-4-2(6)7-1/h3-7H,2H2,1H3,(H2,13,14,15,16,17);4-7H,1-3H3,(H,14,15);2,6H,1,3-5H2,(H,15,16);4H,2-3H2,1H3,(H,13,14);1-4,9-10H;2H,1,3H2,(H,6,7);2H,1,3H2,(H,6,7);(H,3,5)(H,4,6). The molecule has 108 heavy (non-hydrogen) atoms. The molecule has 43 nitrogen and oxygen atoms in total. The van der Waals surface area contributed by atoms with E-state index in [9.17, 15) is 95.9 Å². The molecule has 3 aromatic carbocycles. The fourth-order valence-corrected chi connectivity index (χ4v) is 10.1. The number of rotatable bonds is 30. The number of nitrogens with one attached hydrogen (secondary N) is 4. The number of carboxylic acids is 5. The summed E-state index contributed by atoms with van der Waals surface area (Å²) < 4.78 is 30.2. The lowest BCUT2D eigenvalue weighted by atomic mass is 9.75. The fraction of sp³-hybridized carbons (Fsp3) is 0.288. The number of aliphatic carboxylic acids is 4. The summed E-state index contributed by atoms with van der Waals surface area (Å²) in [5.41, 5.74) is -6.51. The first-order valence-corrected chi connectivity index (χ1v) is 34.1. The Morgan fingerprint density at radius 1 is 0.574 bits per heavy atom. The third kappa shape index (κ3) is 33.6. The maximum Gasteiger partial charge on any atom is 0.339 e. The van der Waals surface area contributed by atoms with Crippen molar-refractivity contribution in [1.82, 2.24) is 48.2 Å². The van der Waals surface area contributed by atoms with E-state index in [-0.39, 0.29) is 96.3 Å². The summed E-state index contributed by atoms with van der Waals surface area (Å²) in [6.45, 7) is 8.61. The van der Waals surface area contributed by atoms with Crippen molar-refractivity contribution in [1.29, 1.82) is 0 Å². The first-order chi connectivity index (χ1) is 50.8. The normalized spacial score (nSPS) is 11.1. The smallest absolute Gasteiger partial charge is 0.339 e. The molecule has 0 atom stereocenters.